The number of methoxy groups -OCH3 is 3. The largest absolute Gasteiger partial charge is 0.493 e. The van der Waals surface area contributed by atoms with E-state index in [4.69, 9.17) is 30.5 Å². The van der Waals surface area contributed by atoms with E-state index < -0.39 is 5.97 Å². The monoisotopic (exact) mass is 274 g/mol. The van der Waals surface area contributed by atoms with E-state index in [1.165, 1.54) is 33.5 Å². The maximum absolute atomic E-state index is 11.7. The molecule has 1 aromatic rings. The molecule has 6 heteroatoms. The molecule has 1 aromatic carbocycles. The highest BCUT2D eigenvalue weighted by molar-refractivity contribution is 6.18. The van der Waals surface area contributed by atoms with Crippen molar-refractivity contribution in [3.63, 3.8) is 0 Å². The summed E-state index contributed by atoms with van der Waals surface area (Å²) in [5.41, 5.74) is 0.314. The van der Waals surface area contributed by atoms with Crippen molar-refractivity contribution in [3.05, 3.63) is 17.7 Å². The fourth-order valence-corrected chi connectivity index (χ4v) is 1.49. The van der Waals surface area contributed by atoms with Crippen LogP contribution < -0.4 is 14.2 Å². The second-order valence-corrected chi connectivity index (χ2v) is 3.62. The molecular weight excluding hydrogens is 260 g/mol. The van der Waals surface area contributed by atoms with Crippen LogP contribution in [0.15, 0.2) is 12.1 Å². The van der Waals surface area contributed by atoms with Crippen molar-refractivity contribution in [2.75, 3.05) is 33.8 Å². The highest BCUT2D eigenvalue weighted by Crippen LogP contribution is 2.38. The van der Waals surface area contributed by atoms with Crippen molar-refractivity contribution in [2.45, 2.75) is 0 Å². The zero-order valence-corrected chi connectivity index (χ0v) is 11.2. The highest BCUT2D eigenvalue weighted by Gasteiger charge is 2.17. The van der Waals surface area contributed by atoms with E-state index in [-0.39, 0.29) is 12.5 Å². The van der Waals surface area contributed by atoms with Crippen LogP contribution >= 0.6 is 11.6 Å². The van der Waals surface area contributed by atoms with Gasteiger partial charge in [-0.1, -0.05) is 0 Å². The Bertz CT molecular complexity index is 394. The first kappa shape index (κ1) is 14.4. The fourth-order valence-electron chi connectivity index (χ4n) is 1.41. The summed E-state index contributed by atoms with van der Waals surface area (Å²) >= 11 is 5.45. The van der Waals surface area contributed by atoms with Gasteiger partial charge in [-0.15, -0.1) is 11.6 Å². The zero-order valence-electron chi connectivity index (χ0n) is 10.5. The van der Waals surface area contributed by atoms with Crippen LogP contribution in [0.1, 0.15) is 10.4 Å². The molecule has 1 rings (SSSR count). The van der Waals surface area contributed by atoms with Gasteiger partial charge >= 0.3 is 5.97 Å². The number of rotatable bonds is 6. The lowest BCUT2D eigenvalue weighted by Gasteiger charge is -2.13. The van der Waals surface area contributed by atoms with Crippen LogP contribution in [-0.4, -0.2) is 39.8 Å². The van der Waals surface area contributed by atoms with E-state index in [9.17, 15) is 4.79 Å². The van der Waals surface area contributed by atoms with Gasteiger partial charge in [-0.25, -0.2) is 4.79 Å². The molecule has 5 nitrogen and oxygen atoms in total. The number of carbonyl (C=O) groups is 1. The van der Waals surface area contributed by atoms with Gasteiger partial charge in [0.1, 0.15) is 6.61 Å². The molecule has 0 unspecified atom stereocenters. The second kappa shape index (κ2) is 6.96. The molecular formula is C12H15ClO5. The average Bonchev–Trinajstić information content (AvgIpc) is 2.42. The number of halogens is 1. The van der Waals surface area contributed by atoms with E-state index in [1.807, 2.05) is 0 Å². The van der Waals surface area contributed by atoms with Crippen molar-refractivity contribution >= 4 is 17.6 Å². The number of alkyl halides is 1. The Labute approximate surface area is 111 Å². The summed E-state index contributed by atoms with van der Waals surface area (Å²) < 4.78 is 20.3. The average molecular weight is 275 g/mol. The number of carbonyl (C=O) groups excluding carboxylic acids is 1. The Kier molecular flexibility index (Phi) is 5.58. The molecule has 0 saturated heterocycles. The smallest absolute Gasteiger partial charge is 0.338 e. The first-order chi connectivity index (χ1) is 8.67. The Morgan fingerprint density at radius 2 is 1.67 bits per heavy atom. The van der Waals surface area contributed by atoms with Gasteiger partial charge in [0.05, 0.1) is 32.8 Å². The lowest BCUT2D eigenvalue weighted by molar-refractivity contribution is 0.0528. The van der Waals surface area contributed by atoms with Gasteiger partial charge < -0.3 is 18.9 Å². The van der Waals surface area contributed by atoms with Crippen LogP contribution in [0.5, 0.6) is 17.2 Å². The minimum absolute atomic E-state index is 0.150. The van der Waals surface area contributed by atoms with E-state index in [0.29, 0.717) is 22.8 Å². The predicted molar refractivity (Wildman–Crippen MR) is 67.1 cm³/mol. The summed E-state index contributed by atoms with van der Waals surface area (Å²) in [5.74, 6) is 0.976. The zero-order chi connectivity index (χ0) is 13.5. The second-order valence-electron chi connectivity index (χ2n) is 3.24. The van der Waals surface area contributed by atoms with Crippen molar-refractivity contribution in [3.8, 4) is 17.2 Å². The van der Waals surface area contributed by atoms with E-state index in [1.54, 1.807) is 0 Å². The van der Waals surface area contributed by atoms with E-state index >= 15 is 0 Å². The van der Waals surface area contributed by atoms with Crippen molar-refractivity contribution in [1.29, 1.82) is 0 Å². The molecule has 0 saturated carbocycles. The molecule has 0 aliphatic heterocycles. The number of hydrogen-bond donors (Lipinski definition) is 0. The Balaban J connectivity index is 3.10. The molecule has 18 heavy (non-hydrogen) atoms. The minimum atomic E-state index is -0.491. The van der Waals surface area contributed by atoms with Gasteiger partial charge in [0.25, 0.3) is 0 Å². The molecule has 0 aromatic heterocycles. The van der Waals surface area contributed by atoms with Crippen LogP contribution in [0.3, 0.4) is 0 Å². The third-order valence-corrected chi connectivity index (χ3v) is 2.37. The molecule has 0 N–H and O–H groups in total. The lowest BCUT2D eigenvalue weighted by Crippen LogP contribution is -2.08. The first-order valence-corrected chi connectivity index (χ1v) is 5.74. The molecule has 0 spiro atoms. The van der Waals surface area contributed by atoms with Gasteiger partial charge in [0.15, 0.2) is 11.5 Å². The minimum Gasteiger partial charge on any atom is -0.493 e. The molecule has 0 bridgehead atoms. The number of benzene rings is 1. The Morgan fingerprint density at radius 1 is 1.11 bits per heavy atom. The molecule has 0 radical (unpaired) electrons. The van der Waals surface area contributed by atoms with Crippen molar-refractivity contribution in [2.24, 2.45) is 0 Å². The van der Waals surface area contributed by atoms with Crippen LogP contribution in [0.4, 0.5) is 0 Å². The van der Waals surface area contributed by atoms with Gasteiger partial charge in [-0.05, 0) is 12.1 Å². The number of hydrogen-bond acceptors (Lipinski definition) is 5. The van der Waals surface area contributed by atoms with Crippen LogP contribution in [-0.2, 0) is 4.74 Å². The maximum atomic E-state index is 11.7. The number of esters is 1. The maximum Gasteiger partial charge on any atom is 0.338 e. The standard InChI is InChI=1S/C12H15ClO5/c1-15-9-6-8(12(14)18-5-4-13)7-10(16-2)11(9)17-3/h6-7H,4-5H2,1-3H3. The van der Waals surface area contributed by atoms with Gasteiger partial charge in [0, 0.05) is 0 Å². The molecule has 0 aliphatic carbocycles. The lowest BCUT2D eigenvalue weighted by atomic mass is 10.2. The summed E-state index contributed by atoms with van der Waals surface area (Å²) in [6.07, 6.45) is 0. The molecule has 0 amide bonds. The fraction of sp³-hybridized carbons (Fsp3) is 0.417. The molecule has 0 atom stereocenters. The quantitative estimate of drug-likeness (QED) is 0.587. The van der Waals surface area contributed by atoms with Crippen molar-refractivity contribution in [1.82, 2.24) is 0 Å². The van der Waals surface area contributed by atoms with Gasteiger partial charge in [0.2, 0.25) is 5.75 Å². The van der Waals surface area contributed by atoms with E-state index in [2.05, 4.69) is 0 Å². The van der Waals surface area contributed by atoms with Crippen LogP contribution in [0.25, 0.3) is 0 Å². The Hall–Kier alpha value is -1.62. The highest BCUT2D eigenvalue weighted by atomic mass is 35.5. The molecule has 0 heterocycles. The van der Waals surface area contributed by atoms with Gasteiger partial charge in [-0.2, -0.15) is 0 Å². The van der Waals surface area contributed by atoms with Gasteiger partial charge in [-0.3, -0.25) is 0 Å². The number of ether oxygens (including phenoxy) is 4. The van der Waals surface area contributed by atoms with Crippen LogP contribution in [0, 0.1) is 0 Å². The SMILES string of the molecule is COc1cc(C(=O)OCCCl)cc(OC)c1OC. The normalized spacial score (nSPS) is 9.78. The molecule has 0 fully saturated rings. The first-order valence-electron chi connectivity index (χ1n) is 5.21. The summed E-state index contributed by atoms with van der Waals surface area (Å²) in [6.45, 7) is 0.150. The summed E-state index contributed by atoms with van der Waals surface area (Å²) in [5, 5.41) is 0. The third kappa shape index (κ3) is 3.20. The molecule has 0 aliphatic rings. The van der Waals surface area contributed by atoms with Crippen LogP contribution in [0.2, 0.25) is 0 Å². The Morgan fingerprint density at radius 3 is 2.06 bits per heavy atom. The molecule has 100 valence electrons. The summed E-state index contributed by atoms with van der Waals surface area (Å²) in [6, 6.07) is 3.05. The predicted octanol–water partition coefficient (Wildman–Crippen LogP) is 2.11. The summed E-state index contributed by atoms with van der Waals surface area (Å²) in [7, 11) is 4.45. The topological polar surface area (TPSA) is 54.0 Å². The van der Waals surface area contributed by atoms with E-state index in [0.717, 1.165) is 0 Å². The van der Waals surface area contributed by atoms with Crippen molar-refractivity contribution < 1.29 is 23.7 Å². The third-order valence-electron chi connectivity index (χ3n) is 2.21. The summed E-state index contributed by atoms with van der Waals surface area (Å²) in [4.78, 5) is 11.7.